The second-order valence-electron chi connectivity index (χ2n) is 4.53. The summed E-state index contributed by atoms with van der Waals surface area (Å²) in [6.07, 6.45) is 1.41. The van der Waals surface area contributed by atoms with Gasteiger partial charge in [0.1, 0.15) is 6.04 Å². The SMILES string of the molecule is CCOC(=O)C(C)NC(=O)C1CCC(C(=O)O)C1. The first-order valence-corrected chi connectivity index (χ1v) is 6.15. The summed E-state index contributed by atoms with van der Waals surface area (Å²) in [6.45, 7) is 3.52. The summed E-state index contributed by atoms with van der Waals surface area (Å²) in [5, 5.41) is 11.4. The molecule has 2 N–H and O–H groups in total. The van der Waals surface area contributed by atoms with E-state index in [1.54, 1.807) is 13.8 Å². The Morgan fingerprint density at radius 1 is 1.33 bits per heavy atom. The number of esters is 1. The molecule has 0 bridgehead atoms. The highest BCUT2D eigenvalue weighted by atomic mass is 16.5. The molecular weight excluding hydrogens is 238 g/mol. The van der Waals surface area contributed by atoms with Crippen molar-refractivity contribution < 1.29 is 24.2 Å². The van der Waals surface area contributed by atoms with E-state index >= 15 is 0 Å². The summed E-state index contributed by atoms with van der Waals surface area (Å²) in [7, 11) is 0. The third kappa shape index (κ3) is 3.72. The molecule has 0 heterocycles. The van der Waals surface area contributed by atoms with E-state index in [2.05, 4.69) is 5.32 Å². The van der Waals surface area contributed by atoms with Gasteiger partial charge >= 0.3 is 11.9 Å². The Hall–Kier alpha value is -1.59. The van der Waals surface area contributed by atoms with Crippen molar-refractivity contribution in [2.75, 3.05) is 6.61 Å². The lowest BCUT2D eigenvalue weighted by atomic mass is 10.0. The highest BCUT2D eigenvalue weighted by molar-refractivity contribution is 5.86. The normalized spacial score (nSPS) is 24.3. The minimum Gasteiger partial charge on any atom is -0.481 e. The van der Waals surface area contributed by atoms with Gasteiger partial charge in [-0.3, -0.25) is 9.59 Å². The minimum atomic E-state index is -0.858. The lowest BCUT2D eigenvalue weighted by Gasteiger charge is -2.15. The van der Waals surface area contributed by atoms with Crippen molar-refractivity contribution in [1.82, 2.24) is 5.32 Å². The van der Waals surface area contributed by atoms with Gasteiger partial charge in [-0.15, -0.1) is 0 Å². The number of ether oxygens (including phenoxy) is 1. The first-order chi connectivity index (χ1) is 8.45. The van der Waals surface area contributed by atoms with Gasteiger partial charge in [0.25, 0.3) is 0 Å². The standard InChI is InChI=1S/C12H19NO5/c1-3-18-12(17)7(2)13-10(14)8-4-5-9(6-8)11(15)16/h7-9H,3-6H2,1-2H3,(H,13,14)(H,15,16). The third-order valence-electron chi connectivity index (χ3n) is 3.15. The van der Waals surface area contributed by atoms with Crippen LogP contribution in [0.15, 0.2) is 0 Å². The number of nitrogens with one attached hydrogen (secondary N) is 1. The maximum absolute atomic E-state index is 11.8. The number of carbonyl (C=O) groups is 3. The molecule has 102 valence electrons. The van der Waals surface area contributed by atoms with Gasteiger partial charge in [-0.2, -0.15) is 0 Å². The molecule has 6 heteroatoms. The summed E-state index contributed by atoms with van der Waals surface area (Å²) < 4.78 is 4.78. The second-order valence-corrected chi connectivity index (χ2v) is 4.53. The van der Waals surface area contributed by atoms with E-state index < -0.39 is 23.9 Å². The van der Waals surface area contributed by atoms with Crippen LogP contribution >= 0.6 is 0 Å². The van der Waals surface area contributed by atoms with Crippen LogP contribution in [0.4, 0.5) is 0 Å². The monoisotopic (exact) mass is 257 g/mol. The number of rotatable bonds is 5. The van der Waals surface area contributed by atoms with Crippen molar-refractivity contribution in [3.63, 3.8) is 0 Å². The fourth-order valence-electron chi connectivity index (χ4n) is 2.10. The van der Waals surface area contributed by atoms with Crippen LogP contribution in [0.2, 0.25) is 0 Å². The highest BCUT2D eigenvalue weighted by Gasteiger charge is 2.34. The molecule has 18 heavy (non-hydrogen) atoms. The Kier molecular flexibility index (Phi) is 5.12. The Morgan fingerprint density at radius 3 is 2.44 bits per heavy atom. The Balaban J connectivity index is 2.42. The van der Waals surface area contributed by atoms with Crippen LogP contribution in [0.3, 0.4) is 0 Å². The predicted octanol–water partition coefficient (Wildman–Crippen LogP) is 0.555. The number of carboxylic acid groups (broad SMARTS) is 1. The molecule has 3 atom stereocenters. The van der Waals surface area contributed by atoms with Gasteiger partial charge in [-0.05, 0) is 33.1 Å². The molecule has 0 aromatic carbocycles. The fourth-order valence-corrected chi connectivity index (χ4v) is 2.10. The molecule has 3 unspecified atom stereocenters. The summed E-state index contributed by atoms with van der Waals surface area (Å²) >= 11 is 0. The molecular formula is C12H19NO5. The van der Waals surface area contributed by atoms with Crippen LogP contribution in [-0.4, -0.2) is 35.6 Å². The topological polar surface area (TPSA) is 92.7 Å². The maximum atomic E-state index is 11.8. The van der Waals surface area contributed by atoms with Gasteiger partial charge < -0.3 is 15.2 Å². The second kappa shape index (κ2) is 6.37. The lowest BCUT2D eigenvalue weighted by Crippen LogP contribution is -2.42. The van der Waals surface area contributed by atoms with E-state index in [0.29, 0.717) is 19.3 Å². The van der Waals surface area contributed by atoms with E-state index in [1.165, 1.54) is 0 Å². The number of aliphatic carboxylic acids is 1. The number of amides is 1. The molecule has 1 aliphatic rings. The van der Waals surface area contributed by atoms with Crippen molar-refractivity contribution >= 4 is 17.8 Å². The zero-order valence-electron chi connectivity index (χ0n) is 10.6. The number of carboxylic acids is 1. The molecule has 0 aromatic heterocycles. The van der Waals surface area contributed by atoms with Crippen molar-refractivity contribution in [3.05, 3.63) is 0 Å². The molecule has 0 aromatic rings. The van der Waals surface area contributed by atoms with Crippen LogP contribution in [-0.2, 0) is 19.1 Å². The average molecular weight is 257 g/mol. The molecule has 0 aliphatic heterocycles. The Labute approximate surface area is 106 Å². The molecule has 0 radical (unpaired) electrons. The van der Waals surface area contributed by atoms with Gasteiger partial charge in [0, 0.05) is 5.92 Å². The van der Waals surface area contributed by atoms with E-state index in [9.17, 15) is 14.4 Å². The molecule has 1 aliphatic carbocycles. The zero-order chi connectivity index (χ0) is 13.7. The Bertz CT molecular complexity index is 341. The third-order valence-corrected chi connectivity index (χ3v) is 3.15. The van der Waals surface area contributed by atoms with Gasteiger partial charge in [-0.25, -0.2) is 4.79 Å². The van der Waals surface area contributed by atoms with Crippen molar-refractivity contribution in [1.29, 1.82) is 0 Å². The van der Waals surface area contributed by atoms with Crippen molar-refractivity contribution in [2.45, 2.75) is 39.2 Å². The summed E-state index contributed by atoms with van der Waals surface area (Å²) in [6, 6.07) is -0.693. The number of hydrogen-bond donors (Lipinski definition) is 2. The Morgan fingerprint density at radius 2 is 1.94 bits per heavy atom. The van der Waals surface area contributed by atoms with E-state index in [1.807, 2.05) is 0 Å². The highest BCUT2D eigenvalue weighted by Crippen LogP contribution is 2.31. The molecule has 0 spiro atoms. The van der Waals surface area contributed by atoms with E-state index in [4.69, 9.17) is 9.84 Å². The summed E-state index contributed by atoms with van der Waals surface area (Å²) in [4.78, 5) is 33.9. The van der Waals surface area contributed by atoms with Crippen molar-refractivity contribution in [2.24, 2.45) is 11.8 Å². The molecule has 1 amide bonds. The first kappa shape index (κ1) is 14.5. The van der Waals surface area contributed by atoms with E-state index in [-0.39, 0.29) is 18.4 Å². The average Bonchev–Trinajstić information content (AvgIpc) is 2.78. The first-order valence-electron chi connectivity index (χ1n) is 6.15. The van der Waals surface area contributed by atoms with Gasteiger partial charge in [-0.1, -0.05) is 0 Å². The largest absolute Gasteiger partial charge is 0.481 e. The van der Waals surface area contributed by atoms with Gasteiger partial charge in [0.05, 0.1) is 12.5 Å². The van der Waals surface area contributed by atoms with Crippen LogP contribution in [0.25, 0.3) is 0 Å². The van der Waals surface area contributed by atoms with Crippen LogP contribution in [0.5, 0.6) is 0 Å². The van der Waals surface area contributed by atoms with Crippen molar-refractivity contribution in [3.8, 4) is 0 Å². The van der Waals surface area contributed by atoms with Gasteiger partial charge in [0.15, 0.2) is 0 Å². The number of hydrogen-bond acceptors (Lipinski definition) is 4. The molecule has 1 rings (SSSR count). The predicted molar refractivity (Wildman–Crippen MR) is 62.7 cm³/mol. The number of carbonyl (C=O) groups excluding carboxylic acids is 2. The summed E-state index contributed by atoms with van der Waals surface area (Å²) in [5.74, 6) is -2.36. The molecule has 1 fully saturated rings. The lowest BCUT2D eigenvalue weighted by molar-refractivity contribution is -0.147. The smallest absolute Gasteiger partial charge is 0.328 e. The fraction of sp³-hybridized carbons (Fsp3) is 0.750. The van der Waals surface area contributed by atoms with Crippen LogP contribution in [0.1, 0.15) is 33.1 Å². The summed E-state index contributed by atoms with van der Waals surface area (Å²) in [5.41, 5.74) is 0. The molecule has 0 saturated heterocycles. The minimum absolute atomic E-state index is 0.265. The molecule has 6 nitrogen and oxygen atoms in total. The van der Waals surface area contributed by atoms with Gasteiger partial charge in [0.2, 0.25) is 5.91 Å². The quantitative estimate of drug-likeness (QED) is 0.702. The molecule has 1 saturated carbocycles. The van der Waals surface area contributed by atoms with Crippen LogP contribution < -0.4 is 5.32 Å². The van der Waals surface area contributed by atoms with E-state index in [0.717, 1.165) is 0 Å². The maximum Gasteiger partial charge on any atom is 0.328 e. The zero-order valence-corrected chi connectivity index (χ0v) is 10.6. The van der Waals surface area contributed by atoms with Crippen LogP contribution in [0, 0.1) is 11.8 Å².